The molecular formula is C37H39ClF3N5O6S. The number of piperidine rings is 1. The SMILES string of the molecule is Cl.O=C(O)CN1CCN(c2ccc(C(=O)N3CCC(c4ccc(Oc5ccc(C(F)(F)F)cn5)cc4)CC3)cc2NS(=O)(=O)Cc2ccccc2)CC1. The van der Waals surface area contributed by atoms with Crippen molar-refractivity contribution in [1.29, 1.82) is 0 Å². The van der Waals surface area contributed by atoms with E-state index in [4.69, 9.17) is 4.74 Å². The number of pyridine rings is 1. The van der Waals surface area contributed by atoms with E-state index >= 15 is 0 Å². The van der Waals surface area contributed by atoms with Gasteiger partial charge in [0.2, 0.25) is 15.9 Å². The fourth-order valence-corrected chi connectivity index (χ4v) is 7.70. The van der Waals surface area contributed by atoms with Crippen molar-refractivity contribution < 1.29 is 41.0 Å². The topological polar surface area (TPSA) is 132 Å². The molecule has 4 aromatic rings. The van der Waals surface area contributed by atoms with Crippen LogP contribution in [0.1, 0.15) is 45.8 Å². The molecule has 16 heteroatoms. The molecule has 11 nitrogen and oxygen atoms in total. The number of rotatable bonds is 11. The first-order valence-electron chi connectivity index (χ1n) is 16.8. The van der Waals surface area contributed by atoms with E-state index in [1.54, 1.807) is 59.5 Å². The number of piperazine rings is 1. The third-order valence-corrected chi connectivity index (χ3v) is 10.4. The smallest absolute Gasteiger partial charge is 0.417 e. The number of carboxylic acids is 1. The van der Waals surface area contributed by atoms with Crippen LogP contribution in [-0.4, -0.2) is 86.0 Å². The number of ether oxygens (including phenoxy) is 1. The second kappa shape index (κ2) is 16.9. The summed E-state index contributed by atoms with van der Waals surface area (Å²) in [5.74, 6) is -0.715. The van der Waals surface area contributed by atoms with Crippen LogP contribution in [-0.2, 0) is 26.7 Å². The summed E-state index contributed by atoms with van der Waals surface area (Å²) in [5, 5.41) is 9.18. The first kappa shape index (κ1) is 39.3. The lowest BCUT2D eigenvalue weighted by Gasteiger charge is -2.36. The molecule has 3 heterocycles. The standard InChI is InChI=1S/C37H38F3N5O6S.ClH/c38-37(39,40)30-9-13-34(41-23-30)51-31-10-6-27(7-11-31)28-14-16-45(17-15-28)36(48)29-8-12-33(44-20-18-43(19-21-44)24-35(46)47)32(22-29)42-52(49,50)25-26-4-2-1-3-5-26;/h1-13,22-23,28,42H,14-21,24-25H2,(H,46,47);1H. The highest BCUT2D eigenvalue weighted by molar-refractivity contribution is 7.91. The Morgan fingerprint density at radius 1 is 0.887 bits per heavy atom. The summed E-state index contributed by atoms with van der Waals surface area (Å²) in [7, 11) is -3.85. The minimum absolute atomic E-state index is 0. The molecule has 0 bridgehead atoms. The largest absolute Gasteiger partial charge is 0.480 e. The molecule has 0 atom stereocenters. The molecule has 282 valence electrons. The van der Waals surface area contributed by atoms with Crippen LogP contribution < -0.4 is 14.4 Å². The number of halogens is 4. The maximum Gasteiger partial charge on any atom is 0.417 e. The second-order valence-corrected chi connectivity index (χ2v) is 14.6. The molecule has 2 N–H and O–H groups in total. The van der Waals surface area contributed by atoms with Crippen molar-refractivity contribution in [3.05, 3.63) is 113 Å². The Balaban J connectivity index is 0.00000541. The van der Waals surface area contributed by atoms with Crippen LogP contribution in [0.15, 0.2) is 91.1 Å². The van der Waals surface area contributed by atoms with Gasteiger partial charge in [-0.3, -0.25) is 19.2 Å². The molecule has 0 saturated carbocycles. The number of hydrogen-bond donors (Lipinski definition) is 2. The van der Waals surface area contributed by atoms with E-state index in [0.29, 0.717) is 74.7 Å². The zero-order valence-corrected chi connectivity index (χ0v) is 30.2. The number of nitrogens with one attached hydrogen (secondary N) is 1. The lowest BCUT2D eigenvalue weighted by molar-refractivity contribution is -0.139. The predicted molar refractivity (Wildman–Crippen MR) is 196 cm³/mol. The number of likely N-dealkylation sites (tertiary alicyclic amines) is 1. The van der Waals surface area contributed by atoms with Crippen molar-refractivity contribution in [2.45, 2.75) is 30.7 Å². The number of benzene rings is 3. The Morgan fingerprint density at radius 2 is 1.57 bits per heavy atom. The monoisotopic (exact) mass is 773 g/mol. The molecule has 6 rings (SSSR count). The molecule has 0 unspecified atom stereocenters. The molecule has 53 heavy (non-hydrogen) atoms. The lowest BCUT2D eigenvalue weighted by Crippen LogP contribution is -2.48. The number of carbonyl (C=O) groups is 2. The van der Waals surface area contributed by atoms with Crippen LogP contribution >= 0.6 is 12.4 Å². The van der Waals surface area contributed by atoms with Gasteiger partial charge in [-0.05, 0) is 66.3 Å². The number of amides is 1. The van der Waals surface area contributed by atoms with E-state index in [1.165, 1.54) is 6.07 Å². The van der Waals surface area contributed by atoms with Crippen LogP contribution in [0.4, 0.5) is 24.5 Å². The molecule has 0 spiro atoms. The Labute approximate surface area is 311 Å². The minimum atomic E-state index is -4.48. The van der Waals surface area contributed by atoms with Gasteiger partial charge >= 0.3 is 12.1 Å². The predicted octanol–water partition coefficient (Wildman–Crippen LogP) is 6.48. The third kappa shape index (κ3) is 10.4. The maximum atomic E-state index is 13.8. The minimum Gasteiger partial charge on any atom is -0.480 e. The molecular weight excluding hydrogens is 735 g/mol. The molecule has 3 aromatic carbocycles. The average molecular weight is 774 g/mol. The van der Waals surface area contributed by atoms with E-state index in [0.717, 1.165) is 17.8 Å². The van der Waals surface area contributed by atoms with Crippen LogP contribution in [0.5, 0.6) is 11.6 Å². The normalized spacial score (nSPS) is 15.8. The number of carboxylic acid groups (broad SMARTS) is 1. The zero-order chi connectivity index (χ0) is 36.9. The highest BCUT2D eigenvalue weighted by atomic mass is 35.5. The van der Waals surface area contributed by atoms with E-state index in [-0.39, 0.29) is 48.1 Å². The summed E-state index contributed by atoms with van der Waals surface area (Å²) in [6, 6.07) is 23.2. The summed E-state index contributed by atoms with van der Waals surface area (Å²) in [6.07, 6.45) is -2.36. The number of carbonyl (C=O) groups excluding carboxylic acids is 1. The van der Waals surface area contributed by atoms with Gasteiger partial charge < -0.3 is 19.6 Å². The van der Waals surface area contributed by atoms with E-state index in [2.05, 4.69) is 9.71 Å². The Bertz CT molecular complexity index is 1970. The molecule has 1 aromatic heterocycles. The highest BCUT2D eigenvalue weighted by Gasteiger charge is 2.31. The number of hydrogen-bond acceptors (Lipinski definition) is 8. The number of aromatic nitrogens is 1. The molecule has 0 radical (unpaired) electrons. The van der Waals surface area contributed by atoms with Gasteiger partial charge in [0.15, 0.2) is 0 Å². The van der Waals surface area contributed by atoms with Crippen molar-refractivity contribution in [2.24, 2.45) is 0 Å². The van der Waals surface area contributed by atoms with Crippen LogP contribution in [0.25, 0.3) is 0 Å². The molecule has 2 saturated heterocycles. The van der Waals surface area contributed by atoms with Crippen LogP contribution in [0.3, 0.4) is 0 Å². The van der Waals surface area contributed by atoms with E-state index in [9.17, 15) is 36.3 Å². The summed E-state index contributed by atoms with van der Waals surface area (Å²) in [6.45, 7) is 2.85. The van der Waals surface area contributed by atoms with Gasteiger partial charge in [-0.2, -0.15) is 13.2 Å². The quantitative estimate of drug-likeness (QED) is 0.176. The van der Waals surface area contributed by atoms with Gasteiger partial charge in [0.05, 0.1) is 29.2 Å². The van der Waals surface area contributed by atoms with Gasteiger partial charge in [-0.25, -0.2) is 13.4 Å². The Kier molecular flexibility index (Phi) is 12.5. The molecule has 0 aliphatic carbocycles. The van der Waals surface area contributed by atoms with Gasteiger partial charge in [0.1, 0.15) is 5.75 Å². The first-order chi connectivity index (χ1) is 24.8. The summed E-state index contributed by atoms with van der Waals surface area (Å²) < 4.78 is 73.5. The third-order valence-electron chi connectivity index (χ3n) is 9.20. The lowest BCUT2D eigenvalue weighted by atomic mass is 9.89. The fourth-order valence-electron chi connectivity index (χ4n) is 6.50. The van der Waals surface area contributed by atoms with Gasteiger partial charge in [0.25, 0.3) is 5.91 Å². The summed E-state index contributed by atoms with van der Waals surface area (Å²) >= 11 is 0. The fraction of sp³-hybridized carbons (Fsp3) is 0.324. The average Bonchev–Trinajstić information content (AvgIpc) is 3.12. The second-order valence-electron chi connectivity index (χ2n) is 12.9. The van der Waals surface area contributed by atoms with Crippen molar-refractivity contribution in [1.82, 2.24) is 14.8 Å². The van der Waals surface area contributed by atoms with Crippen molar-refractivity contribution >= 4 is 45.7 Å². The Hall–Kier alpha value is -4.86. The zero-order valence-electron chi connectivity index (χ0n) is 28.5. The van der Waals surface area contributed by atoms with E-state index in [1.807, 2.05) is 28.0 Å². The summed E-state index contributed by atoms with van der Waals surface area (Å²) in [5.41, 5.74) is 2.06. The number of aliphatic carboxylic acids is 1. The van der Waals surface area contributed by atoms with Crippen molar-refractivity contribution in [2.75, 3.05) is 55.4 Å². The van der Waals surface area contributed by atoms with Gasteiger partial charge in [0, 0.05) is 57.1 Å². The molecule has 2 aliphatic heterocycles. The molecule has 2 fully saturated rings. The number of alkyl halides is 3. The van der Waals surface area contributed by atoms with Crippen molar-refractivity contribution in [3.8, 4) is 11.6 Å². The summed E-state index contributed by atoms with van der Waals surface area (Å²) in [4.78, 5) is 34.3. The van der Waals surface area contributed by atoms with Crippen LogP contribution in [0.2, 0.25) is 0 Å². The van der Waals surface area contributed by atoms with Crippen LogP contribution in [0, 0.1) is 0 Å². The number of sulfonamides is 1. The Morgan fingerprint density at radius 3 is 2.17 bits per heavy atom. The number of nitrogens with zero attached hydrogens (tertiary/aromatic N) is 4. The first-order valence-corrected chi connectivity index (χ1v) is 18.5. The number of anilines is 2. The van der Waals surface area contributed by atoms with Gasteiger partial charge in [-0.15, -0.1) is 12.4 Å². The van der Waals surface area contributed by atoms with Crippen molar-refractivity contribution in [3.63, 3.8) is 0 Å². The van der Waals surface area contributed by atoms with Gasteiger partial charge in [-0.1, -0.05) is 42.5 Å². The molecule has 1 amide bonds. The highest BCUT2D eigenvalue weighted by Crippen LogP contribution is 2.34. The van der Waals surface area contributed by atoms with E-state index < -0.39 is 27.7 Å². The maximum absolute atomic E-state index is 13.8. The molecule has 2 aliphatic rings.